The van der Waals surface area contributed by atoms with Crippen molar-refractivity contribution < 1.29 is 27.4 Å². The Morgan fingerprint density at radius 1 is 1.17 bits per heavy atom. The maximum Gasteiger partial charge on any atom is 0.416 e. The molecule has 1 heterocycles. The van der Waals surface area contributed by atoms with Gasteiger partial charge in [0.25, 0.3) is 0 Å². The summed E-state index contributed by atoms with van der Waals surface area (Å²) in [5.74, 6) is -0.149. The third kappa shape index (κ3) is 6.20. The Morgan fingerprint density at radius 2 is 1.89 bits per heavy atom. The van der Waals surface area contributed by atoms with Crippen LogP contribution in [0.4, 0.5) is 13.2 Å². The van der Waals surface area contributed by atoms with Crippen molar-refractivity contribution in [3.63, 3.8) is 0 Å². The SMILES string of the molecule is CCOC(=O)C(C)(C)Oc1ccc(C(Cc2ccnn2-c2ccc(C(F)(F)F)cc2C)NC)cc1Cl. The molecule has 194 valence electrons. The van der Waals surface area contributed by atoms with Gasteiger partial charge >= 0.3 is 12.1 Å². The molecule has 1 atom stereocenters. The Balaban J connectivity index is 1.83. The molecule has 36 heavy (non-hydrogen) atoms. The number of esters is 1. The molecule has 0 spiro atoms. The van der Waals surface area contributed by atoms with Gasteiger partial charge in [0, 0.05) is 24.4 Å². The zero-order valence-electron chi connectivity index (χ0n) is 20.7. The van der Waals surface area contributed by atoms with Crippen LogP contribution in [0.25, 0.3) is 5.69 Å². The monoisotopic (exact) mass is 523 g/mol. The van der Waals surface area contributed by atoms with Crippen molar-refractivity contribution in [2.75, 3.05) is 13.7 Å². The molecule has 0 bridgehead atoms. The van der Waals surface area contributed by atoms with Crippen molar-refractivity contribution >= 4 is 17.6 Å². The van der Waals surface area contributed by atoms with Crippen LogP contribution in [0.15, 0.2) is 48.7 Å². The number of carbonyl (C=O) groups is 1. The van der Waals surface area contributed by atoms with Crippen LogP contribution in [-0.2, 0) is 22.1 Å². The minimum Gasteiger partial charge on any atom is -0.475 e. The van der Waals surface area contributed by atoms with E-state index in [1.54, 1.807) is 57.8 Å². The minimum absolute atomic E-state index is 0.181. The van der Waals surface area contributed by atoms with Crippen LogP contribution in [0, 0.1) is 6.92 Å². The normalized spacial score (nSPS) is 12.9. The molecule has 1 aromatic heterocycles. The van der Waals surface area contributed by atoms with Crippen LogP contribution in [0.5, 0.6) is 5.75 Å². The number of ether oxygens (including phenoxy) is 2. The Hall–Kier alpha value is -3.04. The van der Waals surface area contributed by atoms with Crippen molar-refractivity contribution in [2.45, 2.75) is 51.9 Å². The van der Waals surface area contributed by atoms with Crippen LogP contribution in [0.3, 0.4) is 0 Å². The van der Waals surface area contributed by atoms with Crippen molar-refractivity contribution in [2.24, 2.45) is 0 Å². The molecular formula is C26H29ClF3N3O3. The van der Waals surface area contributed by atoms with E-state index in [4.69, 9.17) is 21.1 Å². The number of hydrogen-bond donors (Lipinski definition) is 1. The number of benzene rings is 2. The highest BCUT2D eigenvalue weighted by Crippen LogP contribution is 2.33. The first kappa shape index (κ1) is 27.5. The molecular weight excluding hydrogens is 495 g/mol. The third-order valence-electron chi connectivity index (χ3n) is 5.73. The van der Waals surface area contributed by atoms with Crippen LogP contribution >= 0.6 is 11.6 Å². The fourth-order valence-electron chi connectivity index (χ4n) is 3.81. The average Bonchev–Trinajstić information content (AvgIpc) is 3.26. The number of likely N-dealkylation sites (N-methyl/N-ethyl adjacent to an activating group) is 1. The van der Waals surface area contributed by atoms with Gasteiger partial charge in [0.2, 0.25) is 0 Å². The number of rotatable bonds is 9. The zero-order chi connectivity index (χ0) is 26.7. The molecule has 1 N–H and O–H groups in total. The van der Waals surface area contributed by atoms with E-state index in [0.29, 0.717) is 28.4 Å². The van der Waals surface area contributed by atoms with Gasteiger partial charge in [-0.25, -0.2) is 9.48 Å². The lowest BCUT2D eigenvalue weighted by atomic mass is 10.0. The second-order valence-corrected chi connectivity index (χ2v) is 9.21. The van der Waals surface area contributed by atoms with E-state index < -0.39 is 23.3 Å². The Labute approximate surface area is 213 Å². The highest BCUT2D eigenvalue weighted by Gasteiger charge is 2.33. The number of nitrogens with one attached hydrogen (secondary N) is 1. The second-order valence-electron chi connectivity index (χ2n) is 8.80. The van der Waals surface area contributed by atoms with Gasteiger partial charge < -0.3 is 14.8 Å². The van der Waals surface area contributed by atoms with Gasteiger partial charge in [0.1, 0.15) is 5.75 Å². The van der Waals surface area contributed by atoms with E-state index >= 15 is 0 Å². The summed E-state index contributed by atoms with van der Waals surface area (Å²) in [4.78, 5) is 12.2. The van der Waals surface area contributed by atoms with Gasteiger partial charge in [-0.1, -0.05) is 17.7 Å². The predicted octanol–water partition coefficient (Wildman–Crippen LogP) is 6.08. The summed E-state index contributed by atoms with van der Waals surface area (Å²) in [6.45, 7) is 6.80. The topological polar surface area (TPSA) is 65.4 Å². The molecule has 0 aliphatic rings. The quantitative estimate of drug-likeness (QED) is 0.344. The molecule has 0 aliphatic carbocycles. The van der Waals surface area contributed by atoms with Gasteiger partial charge in [0.15, 0.2) is 5.60 Å². The molecule has 0 fully saturated rings. The summed E-state index contributed by atoms with van der Waals surface area (Å²) in [7, 11) is 1.80. The molecule has 0 saturated heterocycles. The number of aryl methyl sites for hydroxylation is 1. The predicted molar refractivity (Wildman–Crippen MR) is 132 cm³/mol. The summed E-state index contributed by atoms with van der Waals surface area (Å²) in [6, 6.07) is 10.5. The molecule has 0 radical (unpaired) electrons. The van der Waals surface area contributed by atoms with Crippen LogP contribution in [-0.4, -0.2) is 35.0 Å². The lowest BCUT2D eigenvalue weighted by Gasteiger charge is -2.25. The zero-order valence-corrected chi connectivity index (χ0v) is 21.5. The van der Waals surface area contributed by atoms with E-state index in [0.717, 1.165) is 23.4 Å². The lowest BCUT2D eigenvalue weighted by Crippen LogP contribution is -2.39. The number of alkyl halides is 3. The fourth-order valence-corrected chi connectivity index (χ4v) is 4.03. The molecule has 2 aromatic carbocycles. The number of nitrogens with zero attached hydrogens (tertiary/aromatic N) is 2. The van der Waals surface area contributed by atoms with Gasteiger partial charge in [-0.3, -0.25) is 0 Å². The van der Waals surface area contributed by atoms with E-state index in [1.165, 1.54) is 6.07 Å². The number of hydrogen-bond acceptors (Lipinski definition) is 5. The van der Waals surface area contributed by atoms with Crippen molar-refractivity contribution in [1.82, 2.24) is 15.1 Å². The van der Waals surface area contributed by atoms with Gasteiger partial charge in [0.05, 0.1) is 22.9 Å². The Kier molecular flexibility index (Phi) is 8.36. The molecule has 3 rings (SSSR count). The summed E-state index contributed by atoms with van der Waals surface area (Å²) in [5.41, 5.74) is 0.784. The van der Waals surface area contributed by atoms with Gasteiger partial charge in [-0.2, -0.15) is 18.3 Å². The van der Waals surface area contributed by atoms with E-state index in [2.05, 4.69) is 10.4 Å². The van der Waals surface area contributed by atoms with E-state index in [1.807, 2.05) is 12.1 Å². The second kappa shape index (κ2) is 10.9. The number of halogens is 4. The van der Waals surface area contributed by atoms with Crippen LogP contribution in [0.2, 0.25) is 5.02 Å². The molecule has 1 unspecified atom stereocenters. The standard InChI is InChI=1S/C26H29ClF3N3O3/c1-6-35-24(34)25(3,4)36-23-10-7-17(14-20(23)27)21(31-5)15-19-11-12-32-33(19)22-9-8-18(13-16(22)2)26(28,29)30/h7-14,21,31H,6,15H2,1-5H3. The van der Waals surface area contributed by atoms with Crippen LogP contribution in [0.1, 0.15) is 49.2 Å². The average molecular weight is 524 g/mol. The highest BCUT2D eigenvalue weighted by molar-refractivity contribution is 6.32. The molecule has 6 nitrogen and oxygen atoms in total. The van der Waals surface area contributed by atoms with Gasteiger partial charge in [-0.05, 0) is 82.3 Å². The maximum atomic E-state index is 13.1. The van der Waals surface area contributed by atoms with E-state index in [9.17, 15) is 18.0 Å². The van der Waals surface area contributed by atoms with Crippen molar-refractivity contribution in [3.8, 4) is 11.4 Å². The molecule has 3 aromatic rings. The molecule has 0 amide bonds. The van der Waals surface area contributed by atoms with Crippen molar-refractivity contribution in [3.05, 3.63) is 76.1 Å². The van der Waals surface area contributed by atoms with E-state index in [-0.39, 0.29) is 12.6 Å². The summed E-state index contributed by atoms with van der Waals surface area (Å²) >= 11 is 6.49. The summed E-state index contributed by atoms with van der Waals surface area (Å²) < 4.78 is 51.8. The third-order valence-corrected chi connectivity index (χ3v) is 6.02. The van der Waals surface area contributed by atoms with Crippen LogP contribution < -0.4 is 10.1 Å². The van der Waals surface area contributed by atoms with Gasteiger partial charge in [-0.15, -0.1) is 0 Å². The first-order valence-electron chi connectivity index (χ1n) is 11.4. The fraction of sp³-hybridized carbons (Fsp3) is 0.385. The first-order chi connectivity index (χ1) is 16.9. The Morgan fingerprint density at radius 3 is 2.47 bits per heavy atom. The molecule has 0 saturated carbocycles. The largest absolute Gasteiger partial charge is 0.475 e. The minimum atomic E-state index is -4.41. The molecule has 10 heteroatoms. The summed E-state index contributed by atoms with van der Waals surface area (Å²) in [5, 5.41) is 7.92. The maximum absolute atomic E-state index is 13.1. The first-order valence-corrected chi connectivity index (χ1v) is 11.8. The summed E-state index contributed by atoms with van der Waals surface area (Å²) in [6.07, 6.45) is -2.31. The smallest absolute Gasteiger partial charge is 0.416 e. The van der Waals surface area contributed by atoms with Crippen molar-refractivity contribution in [1.29, 1.82) is 0 Å². The lowest BCUT2D eigenvalue weighted by molar-refractivity contribution is -0.158. The Bertz CT molecular complexity index is 1220. The number of aromatic nitrogens is 2. The molecule has 0 aliphatic heterocycles. The number of carbonyl (C=O) groups excluding carboxylic acids is 1. The highest BCUT2D eigenvalue weighted by atomic mass is 35.5.